The van der Waals surface area contributed by atoms with E-state index in [0.717, 1.165) is 73.2 Å². The third-order valence-electron chi connectivity index (χ3n) is 8.97. The lowest BCUT2D eigenvalue weighted by Gasteiger charge is -2.16. The molecule has 0 radical (unpaired) electrons. The molecule has 2 aromatic heterocycles. The number of hydrogen-bond donors (Lipinski definition) is 1. The predicted molar refractivity (Wildman–Crippen MR) is 186 cm³/mol. The first-order valence-electron chi connectivity index (χ1n) is 15.5. The molecule has 0 amide bonds. The van der Waals surface area contributed by atoms with Gasteiger partial charge in [-0.1, -0.05) is 109 Å². The summed E-state index contributed by atoms with van der Waals surface area (Å²) in [7, 11) is 0. The van der Waals surface area contributed by atoms with E-state index in [1.165, 1.54) is 28.0 Å². The molecule has 0 saturated heterocycles. The normalized spacial score (nSPS) is 12.8. The SMILES string of the molecule is C1=c2oc3cccc(-c4ccc(-c5ccccc5)cc4)c3c2=C(Nc2ccccc2-c2ccc3c(c2)oc2ccccc23)CC1. The minimum Gasteiger partial charge on any atom is -0.456 e. The summed E-state index contributed by atoms with van der Waals surface area (Å²) in [6.07, 6.45) is 4.05. The van der Waals surface area contributed by atoms with E-state index in [9.17, 15) is 0 Å². The standard InChI is InChI=1S/C42H29NO2/c1-2-10-27(11-3-1)28-20-22-29(23-21-28)32-14-8-18-38-41(32)42-36(16-9-19-39(42)45-38)43-35-15-6-4-12-31(35)30-24-25-34-33-13-5-7-17-37(33)44-40(34)26-30/h1-8,10-15,17-26,43H,9,16H2. The van der Waals surface area contributed by atoms with Gasteiger partial charge in [-0.05, 0) is 77.1 Å². The molecule has 3 nitrogen and oxygen atoms in total. The number of nitrogens with one attached hydrogen (secondary N) is 1. The van der Waals surface area contributed by atoms with E-state index in [2.05, 4.69) is 139 Å². The van der Waals surface area contributed by atoms with E-state index in [1.807, 2.05) is 12.1 Å². The van der Waals surface area contributed by atoms with Gasteiger partial charge in [-0.25, -0.2) is 0 Å². The Morgan fingerprint density at radius 3 is 2.09 bits per heavy atom. The molecule has 0 bridgehead atoms. The number of anilines is 1. The molecule has 1 aliphatic rings. The van der Waals surface area contributed by atoms with Crippen molar-refractivity contribution >= 4 is 50.4 Å². The van der Waals surface area contributed by atoms with E-state index >= 15 is 0 Å². The Morgan fingerprint density at radius 2 is 1.18 bits per heavy atom. The number of para-hydroxylation sites is 2. The molecule has 0 saturated carbocycles. The van der Waals surface area contributed by atoms with Crippen molar-refractivity contribution in [2.75, 3.05) is 5.32 Å². The highest BCUT2D eigenvalue weighted by Crippen LogP contribution is 2.36. The molecule has 45 heavy (non-hydrogen) atoms. The molecular weight excluding hydrogens is 550 g/mol. The van der Waals surface area contributed by atoms with E-state index in [-0.39, 0.29) is 0 Å². The molecule has 0 atom stereocenters. The van der Waals surface area contributed by atoms with Crippen molar-refractivity contribution in [3.05, 3.63) is 150 Å². The van der Waals surface area contributed by atoms with Gasteiger partial charge in [0.1, 0.15) is 22.2 Å². The van der Waals surface area contributed by atoms with Crippen LogP contribution in [0.4, 0.5) is 5.69 Å². The van der Waals surface area contributed by atoms with E-state index in [4.69, 9.17) is 8.83 Å². The molecule has 8 aromatic rings. The fraction of sp³-hybridized carbons (Fsp3) is 0.0476. The number of benzene rings is 6. The maximum atomic E-state index is 6.48. The van der Waals surface area contributed by atoms with Gasteiger partial charge in [-0.2, -0.15) is 0 Å². The van der Waals surface area contributed by atoms with Gasteiger partial charge >= 0.3 is 0 Å². The Labute approximate surface area is 260 Å². The van der Waals surface area contributed by atoms with Gasteiger partial charge in [0, 0.05) is 38.3 Å². The lowest BCUT2D eigenvalue weighted by Crippen LogP contribution is -2.29. The van der Waals surface area contributed by atoms with E-state index in [1.54, 1.807) is 0 Å². The summed E-state index contributed by atoms with van der Waals surface area (Å²) in [4.78, 5) is 0. The van der Waals surface area contributed by atoms with Crippen LogP contribution in [0.25, 0.3) is 78.1 Å². The van der Waals surface area contributed by atoms with Crippen molar-refractivity contribution in [1.29, 1.82) is 0 Å². The number of hydrogen-bond acceptors (Lipinski definition) is 3. The lowest BCUT2D eigenvalue weighted by atomic mass is 9.96. The fourth-order valence-corrected chi connectivity index (χ4v) is 6.82. The summed E-state index contributed by atoms with van der Waals surface area (Å²) in [6, 6.07) is 49.0. The van der Waals surface area contributed by atoms with Gasteiger partial charge in [0.05, 0.1) is 0 Å². The highest BCUT2D eigenvalue weighted by atomic mass is 16.3. The van der Waals surface area contributed by atoms with Crippen LogP contribution in [0.3, 0.4) is 0 Å². The Balaban J connectivity index is 1.16. The maximum Gasteiger partial charge on any atom is 0.136 e. The van der Waals surface area contributed by atoms with Gasteiger partial charge < -0.3 is 14.2 Å². The zero-order valence-electron chi connectivity index (χ0n) is 24.6. The predicted octanol–water partition coefficient (Wildman–Crippen LogP) is 10.1. The quantitative estimate of drug-likeness (QED) is 0.220. The Bertz CT molecular complexity index is 2500. The molecule has 0 spiro atoms. The van der Waals surface area contributed by atoms with Crippen molar-refractivity contribution in [1.82, 2.24) is 0 Å². The summed E-state index contributed by atoms with van der Waals surface area (Å²) < 4.78 is 12.7. The zero-order valence-corrected chi connectivity index (χ0v) is 24.6. The third-order valence-corrected chi connectivity index (χ3v) is 8.97. The number of furan rings is 2. The summed E-state index contributed by atoms with van der Waals surface area (Å²) in [5.41, 5.74) is 12.9. The van der Waals surface area contributed by atoms with Crippen LogP contribution in [0.5, 0.6) is 0 Å². The van der Waals surface area contributed by atoms with Crippen LogP contribution in [-0.4, -0.2) is 0 Å². The zero-order chi connectivity index (χ0) is 29.7. The molecule has 214 valence electrons. The van der Waals surface area contributed by atoms with Crippen LogP contribution in [0, 0.1) is 0 Å². The smallest absolute Gasteiger partial charge is 0.136 e. The Morgan fingerprint density at radius 1 is 0.489 bits per heavy atom. The first-order chi connectivity index (χ1) is 22.3. The van der Waals surface area contributed by atoms with Gasteiger partial charge in [0.15, 0.2) is 0 Å². The van der Waals surface area contributed by atoms with Crippen molar-refractivity contribution in [3.8, 4) is 33.4 Å². The van der Waals surface area contributed by atoms with Crippen LogP contribution < -0.4 is 16.0 Å². The van der Waals surface area contributed by atoms with E-state index in [0.29, 0.717) is 0 Å². The van der Waals surface area contributed by atoms with Crippen LogP contribution in [0.15, 0.2) is 148 Å². The number of fused-ring (bicyclic) bond motifs is 6. The van der Waals surface area contributed by atoms with Crippen LogP contribution in [-0.2, 0) is 0 Å². The summed E-state index contributed by atoms with van der Waals surface area (Å²) in [5.74, 6) is 0. The van der Waals surface area contributed by atoms with Gasteiger partial charge in [0.25, 0.3) is 0 Å². The first-order valence-corrected chi connectivity index (χ1v) is 15.5. The Kier molecular flexibility index (Phi) is 5.95. The van der Waals surface area contributed by atoms with Crippen LogP contribution in [0.2, 0.25) is 0 Å². The second kappa shape index (κ2) is 10.4. The second-order valence-corrected chi connectivity index (χ2v) is 11.7. The lowest BCUT2D eigenvalue weighted by molar-refractivity contribution is 0.571. The second-order valence-electron chi connectivity index (χ2n) is 11.7. The topological polar surface area (TPSA) is 38.3 Å². The largest absolute Gasteiger partial charge is 0.456 e. The first kappa shape index (κ1) is 25.7. The molecule has 0 fully saturated rings. The monoisotopic (exact) mass is 579 g/mol. The highest BCUT2D eigenvalue weighted by molar-refractivity contribution is 6.06. The highest BCUT2D eigenvalue weighted by Gasteiger charge is 2.18. The van der Waals surface area contributed by atoms with Crippen LogP contribution >= 0.6 is 0 Å². The average molecular weight is 580 g/mol. The summed E-state index contributed by atoms with van der Waals surface area (Å²) >= 11 is 0. The van der Waals surface area contributed by atoms with Gasteiger partial charge in [0.2, 0.25) is 0 Å². The minimum absolute atomic E-state index is 0.898. The average Bonchev–Trinajstić information content (AvgIpc) is 3.68. The summed E-state index contributed by atoms with van der Waals surface area (Å²) in [5, 5.41) is 8.46. The van der Waals surface area contributed by atoms with Gasteiger partial charge in [-0.3, -0.25) is 0 Å². The molecule has 3 heteroatoms. The third kappa shape index (κ3) is 4.36. The molecule has 0 unspecified atom stereocenters. The van der Waals surface area contributed by atoms with Crippen molar-refractivity contribution in [2.24, 2.45) is 0 Å². The molecule has 1 aliphatic carbocycles. The van der Waals surface area contributed by atoms with Crippen molar-refractivity contribution in [3.63, 3.8) is 0 Å². The fourth-order valence-electron chi connectivity index (χ4n) is 6.82. The Hall–Kier alpha value is -5.80. The molecule has 9 rings (SSSR count). The summed E-state index contributed by atoms with van der Waals surface area (Å²) in [6.45, 7) is 0. The van der Waals surface area contributed by atoms with Crippen LogP contribution in [0.1, 0.15) is 12.8 Å². The van der Waals surface area contributed by atoms with Crippen molar-refractivity contribution < 1.29 is 8.83 Å². The molecular formula is C42H29NO2. The molecule has 1 N–H and O–H groups in total. The van der Waals surface area contributed by atoms with E-state index < -0.39 is 0 Å². The van der Waals surface area contributed by atoms with Crippen molar-refractivity contribution in [2.45, 2.75) is 12.8 Å². The maximum absolute atomic E-state index is 6.48. The molecule has 0 aliphatic heterocycles. The minimum atomic E-state index is 0.898. The molecule has 2 heterocycles. The molecule has 6 aromatic carbocycles. The number of rotatable bonds is 5. The van der Waals surface area contributed by atoms with Gasteiger partial charge in [-0.15, -0.1) is 0 Å².